The van der Waals surface area contributed by atoms with Gasteiger partial charge in [-0.1, -0.05) is 126 Å². The molecular weight excluding hydrogens is 678 g/mol. The van der Waals surface area contributed by atoms with Crippen LogP contribution in [0.2, 0.25) is 0 Å². The van der Waals surface area contributed by atoms with Crippen LogP contribution in [0.4, 0.5) is 0 Å². The third-order valence-electron chi connectivity index (χ3n) is 9.00. The van der Waals surface area contributed by atoms with E-state index < -0.39 is 49.2 Å². The normalized spacial score (nSPS) is 25.3. The first-order chi connectivity index (χ1) is 26.2. The first kappa shape index (κ1) is 38.6. The van der Waals surface area contributed by atoms with E-state index >= 15 is 0 Å². The van der Waals surface area contributed by atoms with E-state index in [9.17, 15) is 5.11 Å². The van der Waals surface area contributed by atoms with Crippen molar-refractivity contribution in [3.63, 3.8) is 0 Å². The van der Waals surface area contributed by atoms with Crippen molar-refractivity contribution in [2.75, 3.05) is 26.4 Å². The maximum Gasteiger partial charge on any atom is 0.187 e. The van der Waals surface area contributed by atoms with Gasteiger partial charge in [-0.05, 0) is 34.2 Å². The zero-order chi connectivity index (χ0) is 36.5. The molecule has 0 radical (unpaired) electrons. The molecule has 8 atom stereocenters. The van der Waals surface area contributed by atoms with E-state index in [1.165, 1.54) is 0 Å². The van der Waals surface area contributed by atoms with Gasteiger partial charge in [0.15, 0.2) is 12.6 Å². The van der Waals surface area contributed by atoms with Crippen LogP contribution in [0.3, 0.4) is 0 Å². The van der Waals surface area contributed by atoms with Crippen LogP contribution in [0.25, 0.3) is 10.4 Å². The number of aliphatic hydroxyl groups is 1. The number of benzene rings is 4. The van der Waals surface area contributed by atoms with Crippen LogP contribution in [0.5, 0.6) is 0 Å². The highest BCUT2D eigenvalue weighted by molar-refractivity contribution is 5.16. The van der Waals surface area contributed by atoms with E-state index in [1.807, 2.05) is 121 Å². The summed E-state index contributed by atoms with van der Waals surface area (Å²) in [6, 6.07) is 39.4. The van der Waals surface area contributed by atoms with Crippen LogP contribution in [0.1, 0.15) is 28.7 Å². The SMILES string of the molecule is [N-]=[N+]=NCCCO[C@H]1O[C@H](COCc2ccccc2)[C@@H](OCc2ccccc2)[C@@H]1O[C@H]1O[C@H](CO)[C@@H](OCc2ccccc2)[C@@H]1OCc1ccccc1. The van der Waals surface area contributed by atoms with Crippen molar-refractivity contribution in [3.05, 3.63) is 154 Å². The van der Waals surface area contributed by atoms with Crippen LogP contribution in [-0.4, -0.2) is 80.7 Å². The average molecular weight is 726 g/mol. The van der Waals surface area contributed by atoms with Gasteiger partial charge in [-0.3, -0.25) is 0 Å². The second-order valence-electron chi connectivity index (χ2n) is 12.8. The Hall–Kier alpha value is -4.17. The Morgan fingerprint density at radius 3 is 1.55 bits per heavy atom. The van der Waals surface area contributed by atoms with E-state index in [1.54, 1.807) is 0 Å². The Balaban J connectivity index is 1.25. The number of ether oxygens (including phenoxy) is 8. The van der Waals surface area contributed by atoms with Crippen molar-refractivity contribution < 1.29 is 43.0 Å². The van der Waals surface area contributed by atoms with Gasteiger partial charge in [0.1, 0.15) is 36.6 Å². The number of azide groups is 1. The molecule has 12 heteroatoms. The first-order valence-corrected chi connectivity index (χ1v) is 18.0. The molecule has 0 unspecified atom stereocenters. The Morgan fingerprint density at radius 1 is 0.566 bits per heavy atom. The summed E-state index contributed by atoms with van der Waals surface area (Å²) in [5, 5.41) is 14.1. The lowest BCUT2D eigenvalue weighted by molar-refractivity contribution is -0.254. The van der Waals surface area contributed by atoms with Gasteiger partial charge in [0.2, 0.25) is 0 Å². The molecule has 12 nitrogen and oxygen atoms in total. The molecule has 0 aliphatic carbocycles. The molecule has 53 heavy (non-hydrogen) atoms. The average Bonchev–Trinajstić information content (AvgIpc) is 3.72. The minimum absolute atomic E-state index is 0.203. The Kier molecular flexibility index (Phi) is 15.2. The lowest BCUT2D eigenvalue weighted by Crippen LogP contribution is -2.46. The van der Waals surface area contributed by atoms with Crippen LogP contribution in [0.15, 0.2) is 126 Å². The highest BCUT2D eigenvalue weighted by Crippen LogP contribution is 2.35. The largest absolute Gasteiger partial charge is 0.394 e. The van der Waals surface area contributed by atoms with Crippen LogP contribution < -0.4 is 0 Å². The van der Waals surface area contributed by atoms with Gasteiger partial charge >= 0.3 is 0 Å². The van der Waals surface area contributed by atoms with Crippen LogP contribution in [-0.2, 0) is 64.3 Å². The number of hydrogen-bond donors (Lipinski definition) is 1. The van der Waals surface area contributed by atoms with Gasteiger partial charge in [-0.15, -0.1) is 0 Å². The topological polar surface area (TPSA) is 143 Å². The zero-order valence-electron chi connectivity index (χ0n) is 29.6. The zero-order valence-corrected chi connectivity index (χ0v) is 29.6. The Morgan fingerprint density at radius 2 is 1.04 bits per heavy atom. The lowest BCUT2D eigenvalue weighted by Gasteiger charge is -2.30. The van der Waals surface area contributed by atoms with E-state index in [4.69, 9.17) is 43.4 Å². The van der Waals surface area contributed by atoms with E-state index in [2.05, 4.69) is 10.0 Å². The molecule has 4 aromatic rings. The molecule has 6 rings (SSSR count). The lowest BCUT2D eigenvalue weighted by atomic mass is 10.1. The molecule has 2 aliphatic rings. The summed E-state index contributed by atoms with van der Waals surface area (Å²) < 4.78 is 51.7. The molecule has 0 bridgehead atoms. The maximum absolute atomic E-state index is 10.5. The molecular formula is C41H47N3O9. The first-order valence-electron chi connectivity index (χ1n) is 18.0. The third kappa shape index (κ3) is 11.4. The summed E-state index contributed by atoms with van der Waals surface area (Å²) >= 11 is 0. The van der Waals surface area contributed by atoms with Gasteiger partial charge in [0, 0.05) is 18.1 Å². The maximum atomic E-state index is 10.5. The van der Waals surface area contributed by atoms with Crippen molar-refractivity contribution in [1.82, 2.24) is 0 Å². The van der Waals surface area contributed by atoms with Crippen molar-refractivity contribution in [1.29, 1.82) is 0 Å². The van der Waals surface area contributed by atoms with Crippen LogP contribution >= 0.6 is 0 Å². The smallest absolute Gasteiger partial charge is 0.187 e. The molecule has 0 aromatic heterocycles. The number of nitrogens with zero attached hydrogens (tertiary/aromatic N) is 3. The van der Waals surface area contributed by atoms with Gasteiger partial charge in [0.25, 0.3) is 0 Å². The molecule has 280 valence electrons. The fourth-order valence-corrected chi connectivity index (χ4v) is 6.33. The summed E-state index contributed by atoms with van der Waals surface area (Å²) in [6.45, 7) is 1.63. The highest BCUT2D eigenvalue weighted by atomic mass is 16.8. The standard InChI is InChI=1S/C41H47N3O9/c42-44-43-22-13-23-47-40-39(37(49-27-32-18-9-3-10-19-32)35(52-40)29-46-25-30-14-5-1-6-15-30)53-41-38(50-28-33-20-11-4-12-21-33)36(34(24-45)51-41)48-26-31-16-7-2-8-17-31/h1-12,14-21,34-41,45H,13,22-29H2/t34-,35-,36-,37-,38+,39+,40+,41-/m1/s1. The number of rotatable bonds is 21. The molecule has 2 aliphatic heterocycles. The molecule has 0 spiro atoms. The quantitative estimate of drug-likeness (QED) is 0.0441. The summed E-state index contributed by atoms with van der Waals surface area (Å²) in [6.07, 6.45) is -5.53. The van der Waals surface area contributed by atoms with Crippen molar-refractivity contribution >= 4 is 0 Å². The molecule has 2 saturated heterocycles. The van der Waals surface area contributed by atoms with E-state index in [0.29, 0.717) is 13.0 Å². The molecule has 2 heterocycles. The predicted octanol–water partition coefficient (Wildman–Crippen LogP) is 6.50. The monoisotopic (exact) mass is 725 g/mol. The van der Waals surface area contributed by atoms with E-state index in [0.717, 1.165) is 22.3 Å². The Labute approximate surface area is 310 Å². The molecule has 1 N–H and O–H groups in total. The summed E-state index contributed by atoms with van der Waals surface area (Å²) in [5.74, 6) is 0. The fourth-order valence-electron chi connectivity index (χ4n) is 6.33. The van der Waals surface area contributed by atoms with Gasteiger partial charge in [0.05, 0.1) is 39.6 Å². The second-order valence-corrected chi connectivity index (χ2v) is 12.8. The number of hydrogen-bond acceptors (Lipinski definition) is 10. The third-order valence-corrected chi connectivity index (χ3v) is 9.00. The number of aliphatic hydroxyl groups excluding tert-OH is 1. The van der Waals surface area contributed by atoms with Crippen molar-refractivity contribution in [2.24, 2.45) is 5.11 Å². The minimum atomic E-state index is -0.980. The second kappa shape index (κ2) is 20.9. The van der Waals surface area contributed by atoms with E-state index in [-0.39, 0.29) is 46.2 Å². The molecule has 4 aromatic carbocycles. The molecule has 0 amide bonds. The highest BCUT2D eigenvalue weighted by Gasteiger charge is 2.53. The van der Waals surface area contributed by atoms with Crippen LogP contribution in [0, 0.1) is 0 Å². The Bertz CT molecular complexity index is 1650. The van der Waals surface area contributed by atoms with Gasteiger partial charge in [-0.2, -0.15) is 0 Å². The van der Waals surface area contributed by atoms with Gasteiger partial charge < -0.3 is 43.0 Å². The van der Waals surface area contributed by atoms with Gasteiger partial charge in [-0.25, -0.2) is 0 Å². The van der Waals surface area contributed by atoms with Crippen molar-refractivity contribution in [3.8, 4) is 0 Å². The summed E-state index contributed by atoms with van der Waals surface area (Å²) in [4.78, 5) is 2.84. The van der Waals surface area contributed by atoms with Crippen molar-refractivity contribution in [2.45, 2.75) is 82.1 Å². The molecule has 2 fully saturated rings. The summed E-state index contributed by atoms with van der Waals surface area (Å²) in [7, 11) is 0. The predicted molar refractivity (Wildman–Crippen MR) is 195 cm³/mol. The summed E-state index contributed by atoms with van der Waals surface area (Å²) in [5.41, 5.74) is 12.7. The molecule has 0 saturated carbocycles. The minimum Gasteiger partial charge on any atom is -0.394 e. The fraction of sp³-hybridized carbons (Fsp3) is 0.415.